The van der Waals surface area contributed by atoms with Crippen molar-refractivity contribution in [1.29, 1.82) is 0 Å². The molecular formula is C48H35NSSi. The lowest BCUT2D eigenvalue weighted by molar-refractivity contribution is 1.14. The topological polar surface area (TPSA) is 12.0 Å². The van der Waals surface area contributed by atoms with Crippen LogP contribution in [0.3, 0.4) is 0 Å². The fourth-order valence-corrected chi connectivity index (χ4v) is 15.9. The maximum Gasteiger partial charge on any atom is 0.162 e. The van der Waals surface area contributed by atoms with Crippen LogP contribution in [-0.4, -0.2) is 8.07 Å². The summed E-state index contributed by atoms with van der Waals surface area (Å²) < 4.78 is 2.68. The molecule has 1 unspecified atom stereocenters. The summed E-state index contributed by atoms with van der Waals surface area (Å²) in [6.07, 6.45) is 6.07. The molecule has 0 aliphatic heterocycles. The van der Waals surface area contributed by atoms with Crippen LogP contribution in [-0.2, 0) is 0 Å². The van der Waals surface area contributed by atoms with Gasteiger partial charge in [-0.05, 0) is 69.0 Å². The zero-order valence-electron chi connectivity index (χ0n) is 28.1. The Hall–Kier alpha value is -5.74. The summed E-state index contributed by atoms with van der Waals surface area (Å²) in [7, 11) is -2.71. The third-order valence-corrected chi connectivity index (χ3v) is 17.8. The number of benzene rings is 7. The number of anilines is 2. The first-order chi connectivity index (χ1) is 25.2. The minimum absolute atomic E-state index is 0.0705. The molecular weight excluding hydrogens is 651 g/mol. The quantitative estimate of drug-likeness (QED) is 0.124. The average molecular weight is 686 g/mol. The van der Waals surface area contributed by atoms with E-state index >= 15 is 0 Å². The average Bonchev–Trinajstić information content (AvgIpc) is 3.62. The Morgan fingerprint density at radius 1 is 0.510 bits per heavy atom. The number of nitrogens with one attached hydrogen (secondary N) is 1. The van der Waals surface area contributed by atoms with E-state index in [1.807, 2.05) is 11.3 Å². The Balaban J connectivity index is 1.17. The predicted octanol–water partition coefficient (Wildman–Crippen LogP) is 11.1. The number of fused-ring (bicyclic) bond motifs is 4. The minimum atomic E-state index is -2.71. The number of allylic oxidation sites excluding steroid dienone is 4. The van der Waals surface area contributed by atoms with E-state index in [2.05, 4.69) is 199 Å². The highest BCUT2D eigenvalue weighted by Gasteiger charge is 2.67. The van der Waals surface area contributed by atoms with Crippen molar-refractivity contribution >= 4 is 72.1 Å². The molecule has 0 radical (unpaired) electrons. The standard InChI is InChI=1S/C48H35NSSi/c1-4-16-36(17-5-1)49-45-25-12-10-23-41(45)40-29-30-48(33-44(40)48)51(37-18-6-2-7-19-37,38-20-8-3-9-21-38)39-22-14-15-34(31-39)35-27-28-43-42-24-11-13-26-46(42)50-47(43)32-35/h1-32,49H,33H2. The maximum atomic E-state index is 3.73. The van der Waals surface area contributed by atoms with Gasteiger partial charge >= 0.3 is 0 Å². The van der Waals surface area contributed by atoms with Gasteiger partial charge in [0.05, 0.1) is 0 Å². The summed E-state index contributed by atoms with van der Waals surface area (Å²) in [5, 5.41) is 10.7. The number of para-hydroxylation sites is 2. The molecule has 0 amide bonds. The van der Waals surface area contributed by atoms with E-state index in [0.29, 0.717) is 0 Å². The zero-order valence-corrected chi connectivity index (χ0v) is 29.9. The van der Waals surface area contributed by atoms with Crippen LogP contribution in [0, 0.1) is 0 Å². The highest BCUT2D eigenvalue weighted by molar-refractivity contribution is 7.25. The van der Waals surface area contributed by atoms with Gasteiger partial charge in [-0.3, -0.25) is 0 Å². The Morgan fingerprint density at radius 3 is 1.90 bits per heavy atom. The third-order valence-electron chi connectivity index (χ3n) is 11.1. The van der Waals surface area contributed by atoms with Gasteiger partial charge in [-0.25, -0.2) is 0 Å². The summed E-state index contributed by atoms with van der Waals surface area (Å²) in [6, 6.07) is 67.5. The van der Waals surface area contributed by atoms with Crippen LogP contribution in [0.2, 0.25) is 5.04 Å². The zero-order chi connectivity index (χ0) is 33.8. The smallest absolute Gasteiger partial charge is 0.162 e. The number of rotatable bonds is 8. The van der Waals surface area contributed by atoms with Gasteiger partial charge in [0.15, 0.2) is 8.07 Å². The van der Waals surface area contributed by atoms with Gasteiger partial charge in [-0.1, -0.05) is 169 Å². The Bertz CT molecular complexity index is 2600. The summed E-state index contributed by atoms with van der Waals surface area (Å²) in [5.41, 5.74) is 8.98. The van der Waals surface area contributed by atoms with Crippen molar-refractivity contribution < 1.29 is 0 Å². The monoisotopic (exact) mass is 685 g/mol. The first-order valence-corrected chi connectivity index (χ1v) is 20.5. The van der Waals surface area contributed by atoms with Gasteiger partial charge in [-0.2, -0.15) is 0 Å². The second-order valence-corrected chi connectivity index (χ2v) is 19.0. The first-order valence-electron chi connectivity index (χ1n) is 17.7. The van der Waals surface area contributed by atoms with Crippen molar-refractivity contribution in [2.45, 2.75) is 11.5 Å². The summed E-state index contributed by atoms with van der Waals surface area (Å²) in [6.45, 7) is 0. The molecule has 10 rings (SSSR count). The Morgan fingerprint density at radius 2 is 1.14 bits per heavy atom. The maximum absolute atomic E-state index is 3.73. The molecule has 1 nitrogen and oxygen atoms in total. The van der Waals surface area contributed by atoms with Crippen LogP contribution in [0.1, 0.15) is 12.0 Å². The summed E-state index contributed by atoms with van der Waals surface area (Å²) >= 11 is 1.89. The molecule has 1 N–H and O–H groups in total. The molecule has 1 aromatic heterocycles. The van der Waals surface area contributed by atoms with Crippen LogP contribution < -0.4 is 20.9 Å². The van der Waals surface area contributed by atoms with Gasteiger partial charge < -0.3 is 5.32 Å². The fraction of sp³-hybridized carbons (Fsp3) is 0.0417. The molecule has 2 aliphatic rings. The van der Waals surface area contributed by atoms with E-state index in [0.717, 1.165) is 17.8 Å². The van der Waals surface area contributed by atoms with Crippen LogP contribution in [0.25, 0.3) is 36.9 Å². The van der Waals surface area contributed by atoms with Crippen molar-refractivity contribution in [2.75, 3.05) is 5.32 Å². The summed E-state index contributed by atoms with van der Waals surface area (Å²) in [4.78, 5) is 0. The van der Waals surface area contributed by atoms with Crippen molar-refractivity contribution in [1.82, 2.24) is 0 Å². The van der Waals surface area contributed by atoms with Gasteiger partial charge in [0, 0.05) is 42.1 Å². The third kappa shape index (κ3) is 4.73. The van der Waals surface area contributed by atoms with E-state index in [1.165, 1.54) is 58.0 Å². The lowest BCUT2D eigenvalue weighted by atomic mass is 10.0. The van der Waals surface area contributed by atoms with Gasteiger partial charge in [0.25, 0.3) is 0 Å². The van der Waals surface area contributed by atoms with Crippen molar-refractivity contribution in [3.05, 3.63) is 205 Å². The van der Waals surface area contributed by atoms with Gasteiger partial charge in [-0.15, -0.1) is 11.3 Å². The van der Waals surface area contributed by atoms with E-state index < -0.39 is 8.07 Å². The Labute approximate surface area is 303 Å². The SMILES string of the molecule is C1=CC2([Si](c3ccccc3)(c3ccccc3)c3cccc(-c4ccc5c(c4)sc4ccccc45)c3)CC2=C1c1ccccc1Nc1ccccc1. The molecule has 3 heteroatoms. The second kappa shape index (κ2) is 11.9. The van der Waals surface area contributed by atoms with Crippen molar-refractivity contribution in [3.8, 4) is 11.1 Å². The Kier molecular flexibility index (Phi) is 7.05. The van der Waals surface area contributed by atoms with E-state index in [1.54, 1.807) is 5.57 Å². The van der Waals surface area contributed by atoms with Crippen molar-refractivity contribution in [3.63, 3.8) is 0 Å². The van der Waals surface area contributed by atoms with Gasteiger partial charge in [0.1, 0.15) is 0 Å². The number of hydrogen-bond donors (Lipinski definition) is 1. The molecule has 1 heterocycles. The molecule has 1 fully saturated rings. The lowest BCUT2D eigenvalue weighted by Gasteiger charge is -2.39. The first kappa shape index (κ1) is 30.1. The molecule has 0 spiro atoms. The highest BCUT2D eigenvalue weighted by atomic mass is 32.1. The lowest BCUT2D eigenvalue weighted by Crippen LogP contribution is -2.70. The minimum Gasteiger partial charge on any atom is -0.355 e. The van der Waals surface area contributed by atoms with E-state index in [-0.39, 0.29) is 5.04 Å². The van der Waals surface area contributed by atoms with Crippen molar-refractivity contribution in [2.24, 2.45) is 0 Å². The fourth-order valence-electron chi connectivity index (χ4n) is 8.78. The number of hydrogen-bond acceptors (Lipinski definition) is 2. The van der Waals surface area contributed by atoms with E-state index in [9.17, 15) is 0 Å². The van der Waals surface area contributed by atoms with Gasteiger partial charge in [0.2, 0.25) is 0 Å². The van der Waals surface area contributed by atoms with Crippen LogP contribution >= 0.6 is 11.3 Å². The molecule has 0 bridgehead atoms. The molecule has 0 saturated heterocycles. The van der Waals surface area contributed by atoms with Crippen LogP contribution in [0.15, 0.2) is 200 Å². The normalized spacial score (nSPS) is 16.5. The van der Waals surface area contributed by atoms with E-state index in [4.69, 9.17) is 0 Å². The predicted molar refractivity (Wildman–Crippen MR) is 222 cm³/mol. The molecule has 1 atom stereocenters. The molecule has 7 aromatic carbocycles. The van der Waals surface area contributed by atoms with Crippen LogP contribution in [0.4, 0.5) is 11.4 Å². The highest BCUT2D eigenvalue weighted by Crippen LogP contribution is 2.71. The summed E-state index contributed by atoms with van der Waals surface area (Å²) in [5.74, 6) is 0. The molecule has 51 heavy (non-hydrogen) atoms. The second-order valence-electron chi connectivity index (χ2n) is 13.8. The molecule has 8 aromatic rings. The molecule has 2 aliphatic carbocycles. The van der Waals surface area contributed by atoms with Crippen LogP contribution in [0.5, 0.6) is 0 Å². The molecule has 1 saturated carbocycles. The largest absolute Gasteiger partial charge is 0.355 e. The molecule has 242 valence electrons. The number of thiophene rings is 1.